The van der Waals surface area contributed by atoms with E-state index in [9.17, 15) is 14.9 Å². The summed E-state index contributed by atoms with van der Waals surface area (Å²) in [6.45, 7) is -1.07. The third-order valence-electron chi connectivity index (χ3n) is 1.63. The molecule has 0 amide bonds. The summed E-state index contributed by atoms with van der Waals surface area (Å²) in [6.07, 6.45) is 0. The summed E-state index contributed by atoms with van der Waals surface area (Å²) >= 11 is 0. The predicted octanol–water partition coefficient (Wildman–Crippen LogP) is 0.467. The molecule has 0 bridgehead atoms. The lowest BCUT2D eigenvalue weighted by Crippen LogP contribution is -2.15. The smallest absolute Gasteiger partial charge is 0.346 e. The molecule has 86 valence electrons. The van der Waals surface area contributed by atoms with Crippen LogP contribution < -0.4 is 4.74 Å². The Morgan fingerprint density at radius 1 is 1.38 bits per heavy atom. The summed E-state index contributed by atoms with van der Waals surface area (Å²) in [5.74, 6) is -0.415. The van der Waals surface area contributed by atoms with Gasteiger partial charge in [-0.25, -0.2) is 4.79 Å². The topological polar surface area (TPSA) is 98.9 Å². The zero-order chi connectivity index (χ0) is 12.0. The van der Waals surface area contributed by atoms with Crippen LogP contribution in [0.3, 0.4) is 0 Å². The van der Waals surface area contributed by atoms with E-state index in [-0.39, 0.29) is 12.3 Å². The van der Waals surface area contributed by atoms with Crippen molar-refractivity contribution in [2.24, 2.45) is 0 Å². The summed E-state index contributed by atoms with van der Waals surface area (Å²) in [6, 6.07) is 5.24. The summed E-state index contributed by atoms with van der Waals surface area (Å²) in [5, 5.41) is 18.6. The zero-order valence-corrected chi connectivity index (χ0v) is 8.16. The first kappa shape index (κ1) is 11.9. The van der Waals surface area contributed by atoms with Crippen LogP contribution in [0.25, 0.3) is 0 Å². The summed E-state index contributed by atoms with van der Waals surface area (Å²) in [4.78, 5) is 20.6. The number of aliphatic hydroxyl groups excluding tert-OH is 1. The van der Waals surface area contributed by atoms with Gasteiger partial charge in [0.15, 0.2) is 13.4 Å². The normalized spacial score (nSPS) is 9.56. The average Bonchev–Trinajstić information content (AvgIpc) is 2.27. The number of nitrogens with zero attached hydrogens (tertiary/aromatic N) is 1. The number of rotatable bonds is 5. The van der Waals surface area contributed by atoms with Crippen molar-refractivity contribution in [3.05, 3.63) is 34.4 Å². The molecule has 0 spiro atoms. The number of aliphatic hydroxyl groups is 1. The van der Waals surface area contributed by atoms with Gasteiger partial charge in [0.1, 0.15) is 5.75 Å². The predicted molar refractivity (Wildman–Crippen MR) is 51.8 cm³/mol. The van der Waals surface area contributed by atoms with E-state index in [1.54, 1.807) is 0 Å². The molecular formula is C9H9NO6. The second-order valence-electron chi connectivity index (χ2n) is 2.69. The highest BCUT2D eigenvalue weighted by molar-refractivity contribution is 5.71. The highest BCUT2D eigenvalue weighted by atomic mass is 16.6. The molecule has 7 heteroatoms. The molecule has 0 aromatic heterocycles. The Morgan fingerprint density at radius 2 is 2.00 bits per heavy atom. The molecule has 0 aliphatic rings. The van der Waals surface area contributed by atoms with Crippen molar-refractivity contribution in [3.63, 3.8) is 0 Å². The van der Waals surface area contributed by atoms with Gasteiger partial charge >= 0.3 is 5.97 Å². The third kappa shape index (κ3) is 3.54. The Morgan fingerprint density at radius 3 is 2.50 bits per heavy atom. The quantitative estimate of drug-likeness (QED) is 0.339. The van der Waals surface area contributed by atoms with Gasteiger partial charge in [-0.1, -0.05) is 0 Å². The number of nitro groups is 1. The van der Waals surface area contributed by atoms with Gasteiger partial charge in [0, 0.05) is 12.1 Å². The molecule has 1 aromatic rings. The molecule has 0 fully saturated rings. The maximum atomic E-state index is 10.8. The van der Waals surface area contributed by atoms with Crippen LogP contribution in [0.5, 0.6) is 5.75 Å². The molecular weight excluding hydrogens is 218 g/mol. The van der Waals surface area contributed by atoms with Crippen LogP contribution in [-0.4, -0.2) is 29.4 Å². The van der Waals surface area contributed by atoms with Crippen molar-refractivity contribution >= 4 is 11.7 Å². The largest absolute Gasteiger partial charge is 0.482 e. The van der Waals surface area contributed by atoms with Crippen LogP contribution >= 0.6 is 0 Å². The number of hydrogen-bond donors (Lipinski definition) is 1. The molecule has 1 rings (SSSR count). The van der Waals surface area contributed by atoms with Crippen LogP contribution in [-0.2, 0) is 9.53 Å². The van der Waals surface area contributed by atoms with Gasteiger partial charge in [0.25, 0.3) is 5.69 Å². The monoisotopic (exact) mass is 227 g/mol. The van der Waals surface area contributed by atoms with Gasteiger partial charge in [0.05, 0.1) is 4.92 Å². The number of ether oxygens (including phenoxy) is 2. The third-order valence-corrected chi connectivity index (χ3v) is 1.63. The molecule has 0 saturated carbocycles. The van der Waals surface area contributed by atoms with Crippen LogP contribution in [0.15, 0.2) is 24.3 Å². The minimum atomic E-state index is -0.721. The van der Waals surface area contributed by atoms with Crippen molar-refractivity contribution in [3.8, 4) is 5.75 Å². The molecule has 0 heterocycles. The first-order chi connectivity index (χ1) is 7.63. The Labute approximate surface area is 90.4 Å². The lowest BCUT2D eigenvalue weighted by atomic mass is 10.3. The van der Waals surface area contributed by atoms with E-state index in [1.165, 1.54) is 24.3 Å². The number of carbonyl (C=O) groups is 1. The Bertz CT molecular complexity index is 374. The fourth-order valence-corrected chi connectivity index (χ4v) is 0.920. The summed E-state index contributed by atoms with van der Waals surface area (Å²) < 4.78 is 9.16. The molecule has 1 aromatic carbocycles. The van der Waals surface area contributed by atoms with Crippen LogP contribution in [0.2, 0.25) is 0 Å². The number of non-ortho nitro benzene ring substituents is 1. The van der Waals surface area contributed by atoms with Crippen molar-refractivity contribution in [2.45, 2.75) is 0 Å². The maximum Gasteiger partial charge on any atom is 0.346 e. The van der Waals surface area contributed by atoms with Crippen LogP contribution in [0, 0.1) is 10.1 Å². The van der Waals surface area contributed by atoms with Crippen molar-refractivity contribution < 1.29 is 24.3 Å². The molecule has 0 aliphatic carbocycles. The summed E-state index contributed by atoms with van der Waals surface area (Å²) in [5.41, 5.74) is -0.0646. The maximum absolute atomic E-state index is 10.8. The fourth-order valence-electron chi connectivity index (χ4n) is 0.920. The van der Waals surface area contributed by atoms with E-state index in [1.807, 2.05) is 0 Å². The van der Waals surface area contributed by atoms with E-state index >= 15 is 0 Å². The first-order valence-electron chi connectivity index (χ1n) is 4.27. The first-order valence-corrected chi connectivity index (χ1v) is 4.27. The zero-order valence-electron chi connectivity index (χ0n) is 8.16. The minimum absolute atomic E-state index is 0.0646. The average molecular weight is 227 g/mol. The lowest BCUT2D eigenvalue weighted by molar-refractivity contribution is -0.384. The van der Waals surface area contributed by atoms with Crippen LogP contribution in [0.4, 0.5) is 5.69 Å². The van der Waals surface area contributed by atoms with E-state index in [0.29, 0.717) is 5.75 Å². The molecule has 0 atom stereocenters. The lowest BCUT2D eigenvalue weighted by Gasteiger charge is -2.04. The molecule has 0 unspecified atom stereocenters. The van der Waals surface area contributed by atoms with Crippen molar-refractivity contribution in [1.82, 2.24) is 0 Å². The fraction of sp³-hybridized carbons (Fsp3) is 0.222. The SMILES string of the molecule is O=C(COc1ccc([N+](=O)[O-])cc1)OCO. The number of nitro benzene ring substituents is 1. The Hall–Kier alpha value is -2.15. The summed E-state index contributed by atoms with van der Waals surface area (Å²) in [7, 11) is 0. The van der Waals surface area contributed by atoms with Gasteiger partial charge in [-0.05, 0) is 12.1 Å². The molecule has 16 heavy (non-hydrogen) atoms. The van der Waals surface area contributed by atoms with Crippen molar-refractivity contribution in [2.75, 3.05) is 13.4 Å². The van der Waals surface area contributed by atoms with E-state index in [0.717, 1.165) is 0 Å². The Kier molecular flexibility index (Phi) is 4.22. The highest BCUT2D eigenvalue weighted by Crippen LogP contribution is 2.17. The van der Waals surface area contributed by atoms with Gasteiger partial charge in [-0.15, -0.1) is 0 Å². The molecule has 1 N–H and O–H groups in total. The number of hydrogen-bond acceptors (Lipinski definition) is 6. The second-order valence-corrected chi connectivity index (χ2v) is 2.69. The molecule has 0 aliphatic heterocycles. The van der Waals surface area contributed by atoms with Crippen LogP contribution in [0.1, 0.15) is 0 Å². The van der Waals surface area contributed by atoms with E-state index in [4.69, 9.17) is 9.84 Å². The minimum Gasteiger partial charge on any atom is -0.482 e. The van der Waals surface area contributed by atoms with Gasteiger partial charge < -0.3 is 14.6 Å². The van der Waals surface area contributed by atoms with Gasteiger partial charge in [0.2, 0.25) is 0 Å². The molecule has 0 saturated heterocycles. The van der Waals surface area contributed by atoms with Gasteiger partial charge in [-0.3, -0.25) is 10.1 Å². The number of esters is 1. The number of benzene rings is 1. The van der Waals surface area contributed by atoms with Crippen molar-refractivity contribution in [1.29, 1.82) is 0 Å². The van der Waals surface area contributed by atoms with E-state index in [2.05, 4.69) is 4.74 Å². The second kappa shape index (κ2) is 5.66. The highest BCUT2D eigenvalue weighted by Gasteiger charge is 2.06. The van der Waals surface area contributed by atoms with E-state index < -0.39 is 17.7 Å². The molecule has 0 radical (unpaired) electrons. The standard InChI is InChI=1S/C9H9NO6/c11-6-16-9(12)5-15-8-3-1-7(2-4-8)10(13)14/h1-4,11H,5-6H2. The van der Waals surface area contributed by atoms with Gasteiger partial charge in [-0.2, -0.15) is 0 Å². The number of carbonyl (C=O) groups excluding carboxylic acids is 1. The Balaban J connectivity index is 2.49. The molecule has 7 nitrogen and oxygen atoms in total.